The van der Waals surface area contributed by atoms with Crippen LogP contribution < -0.4 is 5.43 Å². The molecular formula is C14H24N2O3. The lowest BCUT2D eigenvalue weighted by atomic mass is 10.2. The van der Waals surface area contributed by atoms with Gasteiger partial charge in [0.2, 0.25) is 5.43 Å². The first kappa shape index (κ1) is 15.7. The van der Waals surface area contributed by atoms with Gasteiger partial charge in [0.05, 0.1) is 5.69 Å². The Morgan fingerprint density at radius 3 is 2.47 bits per heavy atom. The van der Waals surface area contributed by atoms with E-state index in [0.717, 1.165) is 18.8 Å². The first-order valence-electron chi connectivity index (χ1n) is 6.80. The van der Waals surface area contributed by atoms with Crippen LogP contribution in [-0.2, 0) is 13.1 Å². The van der Waals surface area contributed by atoms with Crippen LogP contribution in [0, 0.1) is 6.92 Å². The smallest absolute Gasteiger partial charge is 0.223 e. The van der Waals surface area contributed by atoms with Gasteiger partial charge in [-0.15, -0.1) is 0 Å². The molecule has 0 saturated heterocycles. The summed E-state index contributed by atoms with van der Waals surface area (Å²) in [5.41, 5.74) is 1.13. The maximum Gasteiger partial charge on any atom is 0.223 e. The van der Waals surface area contributed by atoms with Gasteiger partial charge in [-0.05, 0) is 26.4 Å². The lowest BCUT2D eigenvalue weighted by Gasteiger charge is -2.23. The molecule has 1 rings (SSSR count). The molecule has 108 valence electrons. The summed E-state index contributed by atoms with van der Waals surface area (Å²) in [6, 6.07) is 1.44. The summed E-state index contributed by atoms with van der Waals surface area (Å²) in [7, 11) is 0. The second kappa shape index (κ2) is 7.31. The number of rotatable bonds is 7. The Balaban J connectivity index is 3.19. The van der Waals surface area contributed by atoms with Gasteiger partial charge in [0, 0.05) is 31.5 Å². The van der Waals surface area contributed by atoms with Gasteiger partial charge in [0.15, 0.2) is 5.75 Å². The molecule has 0 atom stereocenters. The summed E-state index contributed by atoms with van der Waals surface area (Å²) in [5, 5.41) is 19.0. The van der Waals surface area contributed by atoms with Crippen LogP contribution in [0.15, 0.2) is 10.9 Å². The standard InChI is InChI=1S/C14H24N2O3/c1-4-15(5-2)10-12-14(19)13(18)9-11(3)16(12)7-6-8-17/h9,17,19H,4-8,10H2,1-3H3. The number of aliphatic hydroxyl groups excluding tert-OH is 1. The number of aliphatic hydroxyl groups is 1. The van der Waals surface area contributed by atoms with E-state index in [2.05, 4.69) is 4.90 Å². The summed E-state index contributed by atoms with van der Waals surface area (Å²) in [6.07, 6.45) is 0.606. The maximum absolute atomic E-state index is 11.7. The average Bonchev–Trinajstić information content (AvgIpc) is 2.40. The number of nitrogens with zero attached hydrogens (tertiary/aromatic N) is 2. The van der Waals surface area contributed by atoms with Crippen LogP contribution >= 0.6 is 0 Å². The molecule has 1 aromatic rings. The van der Waals surface area contributed by atoms with Crippen molar-refractivity contribution in [2.75, 3.05) is 19.7 Å². The second-order valence-electron chi connectivity index (χ2n) is 4.64. The van der Waals surface area contributed by atoms with Crippen LogP contribution in [0.25, 0.3) is 0 Å². The van der Waals surface area contributed by atoms with Crippen molar-refractivity contribution in [1.29, 1.82) is 0 Å². The minimum Gasteiger partial charge on any atom is -0.503 e. The minimum absolute atomic E-state index is 0.0943. The molecule has 0 aliphatic rings. The summed E-state index contributed by atoms with van der Waals surface area (Å²) < 4.78 is 1.92. The Morgan fingerprint density at radius 2 is 1.95 bits per heavy atom. The van der Waals surface area contributed by atoms with Crippen molar-refractivity contribution in [3.05, 3.63) is 27.7 Å². The number of hydrogen-bond acceptors (Lipinski definition) is 4. The number of aryl methyl sites for hydroxylation is 1. The van der Waals surface area contributed by atoms with Crippen LogP contribution in [0.3, 0.4) is 0 Å². The molecule has 5 heteroatoms. The molecule has 0 fully saturated rings. The molecule has 19 heavy (non-hydrogen) atoms. The number of aromatic nitrogens is 1. The summed E-state index contributed by atoms with van der Waals surface area (Å²) in [4.78, 5) is 13.9. The van der Waals surface area contributed by atoms with E-state index in [-0.39, 0.29) is 17.8 Å². The average molecular weight is 268 g/mol. The molecular weight excluding hydrogens is 244 g/mol. The zero-order valence-electron chi connectivity index (χ0n) is 12.0. The third-order valence-corrected chi connectivity index (χ3v) is 3.41. The SMILES string of the molecule is CCN(CC)Cc1c(O)c(=O)cc(C)n1CCCO. The highest BCUT2D eigenvalue weighted by atomic mass is 16.3. The Kier molecular flexibility index (Phi) is 6.05. The Labute approximate surface area is 114 Å². The highest BCUT2D eigenvalue weighted by Gasteiger charge is 2.15. The number of pyridine rings is 1. The second-order valence-corrected chi connectivity index (χ2v) is 4.64. The van der Waals surface area contributed by atoms with E-state index in [9.17, 15) is 9.90 Å². The van der Waals surface area contributed by atoms with Crippen molar-refractivity contribution in [1.82, 2.24) is 9.47 Å². The predicted molar refractivity (Wildman–Crippen MR) is 75.4 cm³/mol. The third kappa shape index (κ3) is 3.81. The quantitative estimate of drug-likeness (QED) is 0.777. The van der Waals surface area contributed by atoms with Gasteiger partial charge in [-0.2, -0.15) is 0 Å². The zero-order valence-corrected chi connectivity index (χ0v) is 12.0. The first-order valence-corrected chi connectivity index (χ1v) is 6.80. The van der Waals surface area contributed by atoms with E-state index in [1.54, 1.807) is 0 Å². The van der Waals surface area contributed by atoms with Gasteiger partial charge >= 0.3 is 0 Å². The minimum atomic E-state index is -0.333. The lowest BCUT2D eigenvalue weighted by molar-refractivity contribution is 0.264. The monoisotopic (exact) mass is 268 g/mol. The molecule has 0 amide bonds. The number of hydrogen-bond donors (Lipinski definition) is 2. The summed E-state index contributed by atoms with van der Waals surface area (Å²) in [5.74, 6) is -0.171. The van der Waals surface area contributed by atoms with Gasteiger partial charge in [0.25, 0.3) is 0 Å². The Hall–Kier alpha value is -1.33. The lowest BCUT2D eigenvalue weighted by Crippen LogP contribution is -2.27. The van der Waals surface area contributed by atoms with Crippen LogP contribution in [0.1, 0.15) is 31.7 Å². The first-order chi connectivity index (χ1) is 9.04. The van der Waals surface area contributed by atoms with E-state index >= 15 is 0 Å². The van der Waals surface area contributed by atoms with Gasteiger partial charge in [-0.1, -0.05) is 13.8 Å². The van der Waals surface area contributed by atoms with Crippen molar-refractivity contribution >= 4 is 0 Å². The predicted octanol–water partition coefficient (Wildman–Crippen LogP) is 1.09. The summed E-state index contributed by atoms with van der Waals surface area (Å²) in [6.45, 7) is 8.91. The van der Waals surface area contributed by atoms with E-state index < -0.39 is 0 Å². The third-order valence-electron chi connectivity index (χ3n) is 3.41. The van der Waals surface area contributed by atoms with Gasteiger partial charge in [0.1, 0.15) is 0 Å². The van der Waals surface area contributed by atoms with Gasteiger partial charge in [-0.25, -0.2) is 0 Å². The highest BCUT2D eigenvalue weighted by molar-refractivity contribution is 5.29. The van der Waals surface area contributed by atoms with E-state index in [4.69, 9.17) is 5.11 Å². The molecule has 5 nitrogen and oxygen atoms in total. The van der Waals surface area contributed by atoms with Crippen molar-refractivity contribution in [3.63, 3.8) is 0 Å². The van der Waals surface area contributed by atoms with Gasteiger partial charge < -0.3 is 14.8 Å². The molecule has 0 aliphatic heterocycles. The molecule has 0 aliphatic carbocycles. The summed E-state index contributed by atoms with van der Waals surface area (Å²) >= 11 is 0. The normalized spacial score (nSPS) is 11.2. The van der Waals surface area contributed by atoms with Crippen molar-refractivity contribution in [3.8, 4) is 5.75 Å². The molecule has 0 spiro atoms. The fourth-order valence-electron chi connectivity index (χ4n) is 2.18. The molecule has 1 aromatic heterocycles. The molecule has 0 aromatic carbocycles. The molecule has 1 heterocycles. The van der Waals surface area contributed by atoms with E-state index in [0.29, 0.717) is 25.2 Å². The van der Waals surface area contributed by atoms with Crippen LogP contribution in [0.4, 0.5) is 0 Å². The number of aromatic hydroxyl groups is 1. The van der Waals surface area contributed by atoms with Crippen LogP contribution in [-0.4, -0.2) is 39.4 Å². The van der Waals surface area contributed by atoms with Crippen LogP contribution in [0.5, 0.6) is 5.75 Å². The van der Waals surface area contributed by atoms with E-state index in [1.807, 2.05) is 25.3 Å². The Bertz CT molecular complexity index is 464. The largest absolute Gasteiger partial charge is 0.503 e. The topological polar surface area (TPSA) is 65.7 Å². The maximum atomic E-state index is 11.7. The molecule has 2 N–H and O–H groups in total. The fraction of sp³-hybridized carbons (Fsp3) is 0.643. The fourth-order valence-corrected chi connectivity index (χ4v) is 2.18. The van der Waals surface area contributed by atoms with Crippen molar-refractivity contribution < 1.29 is 10.2 Å². The molecule has 0 unspecified atom stereocenters. The molecule has 0 radical (unpaired) electrons. The molecule has 0 bridgehead atoms. The van der Waals surface area contributed by atoms with Crippen molar-refractivity contribution in [2.24, 2.45) is 0 Å². The van der Waals surface area contributed by atoms with E-state index in [1.165, 1.54) is 6.07 Å². The van der Waals surface area contributed by atoms with Gasteiger partial charge in [-0.3, -0.25) is 9.69 Å². The Morgan fingerprint density at radius 1 is 1.32 bits per heavy atom. The highest BCUT2D eigenvalue weighted by Crippen LogP contribution is 2.17. The van der Waals surface area contributed by atoms with Crippen molar-refractivity contribution in [2.45, 2.75) is 40.3 Å². The molecule has 0 saturated carbocycles. The van der Waals surface area contributed by atoms with Crippen LogP contribution in [0.2, 0.25) is 0 Å². The zero-order chi connectivity index (χ0) is 14.4.